The molecule has 0 saturated heterocycles. The number of ether oxygens (including phenoxy) is 1. The zero-order chi connectivity index (χ0) is 15.1. The van der Waals surface area contributed by atoms with Crippen molar-refractivity contribution in [2.45, 2.75) is 32.6 Å². The van der Waals surface area contributed by atoms with Gasteiger partial charge in [0.2, 0.25) is 0 Å². The van der Waals surface area contributed by atoms with Crippen molar-refractivity contribution in [1.29, 1.82) is 0 Å². The van der Waals surface area contributed by atoms with Gasteiger partial charge in [0.15, 0.2) is 0 Å². The van der Waals surface area contributed by atoms with E-state index >= 15 is 0 Å². The molecule has 0 aliphatic heterocycles. The molecule has 5 nitrogen and oxygen atoms in total. The van der Waals surface area contributed by atoms with Crippen LogP contribution in [0.5, 0.6) is 5.75 Å². The molecule has 0 heterocycles. The first-order valence-electron chi connectivity index (χ1n) is 7.40. The topological polar surface area (TPSA) is 62.7 Å². The van der Waals surface area contributed by atoms with Crippen molar-refractivity contribution in [1.82, 2.24) is 5.43 Å². The highest BCUT2D eigenvalue weighted by molar-refractivity contribution is 5.88. The Morgan fingerprint density at radius 1 is 1.43 bits per heavy atom. The van der Waals surface area contributed by atoms with E-state index in [1.807, 2.05) is 24.3 Å². The van der Waals surface area contributed by atoms with Gasteiger partial charge in [0, 0.05) is 5.71 Å². The van der Waals surface area contributed by atoms with Crippen molar-refractivity contribution >= 4 is 17.3 Å². The van der Waals surface area contributed by atoms with E-state index in [0.717, 1.165) is 36.4 Å². The van der Waals surface area contributed by atoms with Gasteiger partial charge in [-0.05, 0) is 43.7 Å². The Kier molecular flexibility index (Phi) is 5.60. The Balaban J connectivity index is 1.81. The first-order valence-corrected chi connectivity index (χ1v) is 7.40. The first-order chi connectivity index (χ1) is 10.2. The largest absolute Gasteiger partial charge is 0.495 e. The van der Waals surface area contributed by atoms with Crippen LogP contribution in [0.25, 0.3) is 0 Å². The lowest BCUT2D eigenvalue weighted by atomic mass is 9.89. The first kappa shape index (κ1) is 15.4. The van der Waals surface area contributed by atoms with Crippen LogP contribution in [0.3, 0.4) is 0 Å². The lowest BCUT2D eigenvalue weighted by Gasteiger charge is -2.19. The molecule has 1 aromatic carbocycles. The summed E-state index contributed by atoms with van der Waals surface area (Å²) in [5.74, 6) is 1.24. The number of benzene rings is 1. The molecule has 1 aliphatic rings. The highest BCUT2D eigenvalue weighted by Crippen LogP contribution is 2.22. The second-order valence-electron chi connectivity index (χ2n) is 5.47. The molecule has 0 radical (unpaired) electrons. The van der Waals surface area contributed by atoms with Crippen molar-refractivity contribution in [3.8, 4) is 5.75 Å². The molecule has 0 spiro atoms. The SMILES string of the molecule is COc1ccccc1NCC(=O)N/N=C1\CCC[C@@H](C)C1. The number of hydrogen-bond acceptors (Lipinski definition) is 4. The minimum absolute atomic E-state index is 0.147. The quantitative estimate of drug-likeness (QED) is 0.819. The maximum atomic E-state index is 11.8. The van der Waals surface area contributed by atoms with E-state index in [2.05, 4.69) is 22.8 Å². The summed E-state index contributed by atoms with van der Waals surface area (Å²) in [4.78, 5) is 11.8. The van der Waals surface area contributed by atoms with E-state index in [1.165, 1.54) is 6.42 Å². The summed E-state index contributed by atoms with van der Waals surface area (Å²) in [5, 5.41) is 7.29. The predicted octanol–water partition coefficient (Wildman–Crippen LogP) is 2.79. The minimum atomic E-state index is -0.147. The number of methoxy groups -OCH3 is 1. The van der Waals surface area contributed by atoms with Crippen LogP contribution in [-0.2, 0) is 4.79 Å². The van der Waals surface area contributed by atoms with Crippen LogP contribution >= 0.6 is 0 Å². The predicted molar refractivity (Wildman–Crippen MR) is 84.7 cm³/mol. The minimum Gasteiger partial charge on any atom is -0.495 e. The third-order valence-electron chi connectivity index (χ3n) is 3.63. The molecule has 0 aromatic heterocycles. The van der Waals surface area contributed by atoms with Crippen LogP contribution in [-0.4, -0.2) is 25.3 Å². The second-order valence-corrected chi connectivity index (χ2v) is 5.47. The molecule has 1 saturated carbocycles. The fourth-order valence-electron chi connectivity index (χ4n) is 2.51. The number of anilines is 1. The third kappa shape index (κ3) is 4.77. The van der Waals surface area contributed by atoms with Gasteiger partial charge in [0.05, 0.1) is 19.3 Å². The highest BCUT2D eigenvalue weighted by atomic mass is 16.5. The monoisotopic (exact) mass is 289 g/mol. The van der Waals surface area contributed by atoms with Gasteiger partial charge >= 0.3 is 0 Å². The Bertz CT molecular complexity index is 514. The normalized spacial score (nSPS) is 20.1. The number of carbonyl (C=O) groups excluding carboxylic acids is 1. The van der Waals surface area contributed by atoms with Crippen molar-refractivity contribution < 1.29 is 9.53 Å². The molecule has 1 amide bonds. The Labute approximate surface area is 125 Å². The molecular formula is C16H23N3O2. The summed E-state index contributed by atoms with van der Waals surface area (Å²) in [6.07, 6.45) is 4.39. The fourth-order valence-corrected chi connectivity index (χ4v) is 2.51. The number of nitrogens with zero attached hydrogens (tertiary/aromatic N) is 1. The Hall–Kier alpha value is -2.04. The lowest BCUT2D eigenvalue weighted by molar-refractivity contribution is -0.119. The Morgan fingerprint density at radius 3 is 3.00 bits per heavy atom. The van der Waals surface area contributed by atoms with Crippen LogP contribution in [0.4, 0.5) is 5.69 Å². The van der Waals surface area contributed by atoms with E-state index in [4.69, 9.17) is 4.74 Å². The molecule has 5 heteroatoms. The molecule has 114 valence electrons. The number of hydrazone groups is 1. The van der Waals surface area contributed by atoms with E-state index in [0.29, 0.717) is 5.92 Å². The molecule has 21 heavy (non-hydrogen) atoms. The van der Waals surface area contributed by atoms with Gasteiger partial charge in [-0.2, -0.15) is 5.10 Å². The number of carbonyl (C=O) groups is 1. The molecule has 0 unspecified atom stereocenters. The third-order valence-corrected chi connectivity index (χ3v) is 3.63. The maximum absolute atomic E-state index is 11.8. The number of hydrogen-bond donors (Lipinski definition) is 2. The van der Waals surface area contributed by atoms with E-state index in [9.17, 15) is 4.79 Å². The van der Waals surface area contributed by atoms with E-state index in [-0.39, 0.29) is 12.5 Å². The summed E-state index contributed by atoms with van der Waals surface area (Å²) < 4.78 is 5.22. The molecular weight excluding hydrogens is 266 g/mol. The van der Waals surface area contributed by atoms with Crippen LogP contribution in [0.2, 0.25) is 0 Å². The second kappa shape index (κ2) is 7.67. The molecule has 2 N–H and O–H groups in total. The van der Waals surface area contributed by atoms with Crippen molar-refractivity contribution in [2.24, 2.45) is 11.0 Å². The van der Waals surface area contributed by atoms with E-state index < -0.39 is 0 Å². The maximum Gasteiger partial charge on any atom is 0.259 e. The standard InChI is InChI=1S/C16H23N3O2/c1-12-6-5-7-13(10-12)18-19-16(20)11-17-14-8-3-4-9-15(14)21-2/h3-4,8-9,12,17H,5-7,10-11H2,1-2H3,(H,19,20)/b18-13+/t12-/m1/s1. The van der Waals surface area contributed by atoms with Gasteiger partial charge in [-0.3, -0.25) is 4.79 Å². The summed E-state index contributed by atoms with van der Waals surface area (Å²) in [5.41, 5.74) is 4.52. The molecule has 1 fully saturated rings. The van der Waals surface area contributed by atoms with E-state index in [1.54, 1.807) is 7.11 Å². The van der Waals surface area contributed by atoms with Gasteiger partial charge < -0.3 is 10.1 Å². The van der Waals surface area contributed by atoms with Gasteiger partial charge in [-0.25, -0.2) is 5.43 Å². The molecule has 2 rings (SSSR count). The molecule has 1 aromatic rings. The zero-order valence-corrected chi connectivity index (χ0v) is 12.7. The summed E-state index contributed by atoms with van der Waals surface area (Å²) in [6, 6.07) is 7.51. The summed E-state index contributed by atoms with van der Waals surface area (Å²) in [6.45, 7) is 2.40. The number of rotatable bonds is 5. The number of nitrogens with one attached hydrogen (secondary N) is 2. The van der Waals surface area contributed by atoms with Gasteiger partial charge in [0.1, 0.15) is 5.75 Å². The molecule has 1 atom stereocenters. The summed E-state index contributed by atoms with van der Waals surface area (Å²) in [7, 11) is 1.61. The van der Waals surface area contributed by atoms with Crippen LogP contribution in [0, 0.1) is 5.92 Å². The van der Waals surface area contributed by atoms with Gasteiger partial charge in [0.25, 0.3) is 5.91 Å². The van der Waals surface area contributed by atoms with Crippen molar-refractivity contribution in [3.05, 3.63) is 24.3 Å². The van der Waals surface area contributed by atoms with Crippen molar-refractivity contribution in [3.63, 3.8) is 0 Å². The average molecular weight is 289 g/mol. The van der Waals surface area contributed by atoms with Gasteiger partial charge in [-0.1, -0.05) is 19.1 Å². The van der Waals surface area contributed by atoms with Gasteiger partial charge in [-0.15, -0.1) is 0 Å². The highest BCUT2D eigenvalue weighted by Gasteiger charge is 2.14. The number of para-hydroxylation sites is 2. The molecule has 1 aliphatic carbocycles. The fraction of sp³-hybridized carbons (Fsp3) is 0.500. The number of amides is 1. The van der Waals surface area contributed by atoms with Crippen LogP contribution in [0.15, 0.2) is 29.4 Å². The van der Waals surface area contributed by atoms with Crippen molar-refractivity contribution in [2.75, 3.05) is 19.0 Å². The lowest BCUT2D eigenvalue weighted by Crippen LogP contribution is -2.28. The smallest absolute Gasteiger partial charge is 0.259 e. The van der Waals surface area contributed by atoms with Crippen LogP contribution < -0.4 is 15.5 Å². The summed E-state index contributed by atoms with van der Waals surface area (Å²) >= 11 is 0. The average Bonchev–Trinajstić information content (AvgIpc) is 2.51. The van der Waals surface area contributed by atoms with Crippen LogP contribution in [0.1, 0.15) is 32.6 Å². The molecule has 0 bridgehead atoms. The zero-order valence-electron chi connectivity index (χ0n) is 12.7. The Morgan fingerprint density at radius 2 is 2.24 bits per heavy atom.